The van der Waals surface area contributed by atoms with E-state index in [9.17, 15) is 19.2 Å². The molecule has 0 saturated carbocycles. The number of carboxylic acid groups (broad SMARTS) is 4. The maximum atomic E-state index is 10.6. The normalized spacial score (nSPS) is 9.96. The highest BCUT2D eigenvalue weighted by atomic mass is 16.4. The zero-order valence-electron chi connectivity index (χ0n) is 27.5. The van der Waals surface area contributed by atoms with E-state index in [0.29, 0.717) is 52.4 Å². The fourth-order valence-electron chi connectivity index (χ4n) is 2.61. The first kappa shape index (κ1) is 54.8. The molecule has 0 aliphatic carbocycles. The molecule has 0 aromatic carbocycles. The van der Waals surface area contributed by atoms with Crippen molar-refractivity contribution in [1.82, 2.24) is 31.1 Å². The number of nitrogens with one attached hydrogen (secondary N) is 4. The van der Waals surface area contributed by atoms with E-state index < -0.39 is 50.1 Å². The molecule has 0 aromatic heterocycles. The van der Waals surface area contributed by atoms with Crippen LogP contribution in [0.25, 0.3) is 0 Å². The summed E-state index contributed by atoms with van der Waals surface area (Å²) in [6.45, 7) is 3.42. The molecule has 0 aliphatic heterocycles. The van der Waals surface area contributed by atoms with Crippen LogP contribution in [-0.4, -0.2) is 239 Å². The largest absolute Gasteiger partial charge is 0.480 e. The van der Waals surface area contributed by atoms with Gasteiger partial charge in [-0.15, -0.1) is 0 Å². The van der Waals surface area contributed by atoms with Gasteiger partial charge < -0.3 is 82.5 Å². The van der Waals surface area contributed by atoms with Crippen molar-refractivity contribution < 1.29 is 80.5 Å². The van der Waals surface area contributed by atoms with E-state index in [-0.39, 0.29) is 65.9 Å². The maximum Gasteiger partial charge on any atom is 0.317 e. The molecule has 0 fully saturated rings. The second-order valence-electron chi connectivity index (χ2n) is 8.79. The molecule has 0 aliphatic rings. The van der Waals surface area contributed by atoms with Crippen molar-refractivity contribution in [2.45, 2.75) is 0 Å². The van der Waals surface area contributed by atoms with Crippen LogP contribution in [0.4, 0.5) is 0 Å². The lowest BCUT2D eigenvalue weighted by molar-refractivity contribution is -0.145. The molecule has 22 heteroatoms. The zero-order valence-corrected chi connectivity index (χ0v) is 27.5. The second-order valence-corrected chi connectivity index (χ2v) is 8.79. The van der Waals surface area contributed by atoms with Crippen molar-refractivity contribution in [3.63, 3.8) is 0 Å². The summed E-state index contributed by atoms with van der Waals surface area (Å²) >= 11 is 0. The Bertz CT molecular complexity index is 577. The Kier molecular flexibility index (Phi) is 55.6. The van der Waals surface area contributed by atoms with Gasteiger partial charge in [-0.25, -0.2) is 0 Å². The number of rotatable bonds is 27. The third kappa shape index (κ3) is 65.9. The summed E-state index contributed by atoms with van der Waals surface area (Å²) < 4.78 is 0. The quantitative estimate of drug-likeness (QED) is 0.0351. The molecule has 0 aromatic rings. The van der Waals surface area contributed by atoms with Gasteiger partial charge in [-0.3, -0.25) is 29.0 Å². The van der Waals surface area contributed by atoms with Crippen molar-refractivity contribution in [2.75, 3.05) is 144 Å². The van der Waals surface area contributed by atoms with Gasteiger partial charge in [0.15, 0.2) is 0 Å². The Labute approximate surface area is 280 Å². The highest BCUT2D eigenvalue weighted by Crippen LogP contribution is 1.94. The van der Waals surface area contributed by atoms with Gasteiger partial charge in [0.2, 0.25) is 0 Å². The van der Waals surface area contributed by atoms with Gasteiger partial charge in [-0.05, 0) is 0 Å². The minimum Gasteiger partial charge on any atom is -0.480 e. The summed E-state index contributed by atoms with van der Waals surface area (Å²) in [5.41, 5.74) is 0. The molecule has 0 amide bonds. The molecule has 0 radical (unpaired) electrons. The summed E-state index contributed by atoms with van der Waals surface area (Å²) in [5, 5.41) is 111. The first-order chi connectivity index (χ1) is 22.9. The minimum absolute atomic E-state index is 0.0703. The third-order valence-electron chi connectivity index (χ3n) is 4.48. The lowest BCUT2D eigenvalue weighted by Crippen LogP contribution is -2.43. The van der Waals surface area contributed by atoms with Crippen molar-refractivity contribution in [3.05, 3.63) is 0 Å². The molecule has 290 valence electrons. The Hall–Kier alpha value is -2.68. The summed E-state index contributed by atoms with van der Waals surface area (Å²) in [6.07, 6.45) is 0. The monoisotopic (exact) mass is 712 g/mol. The number of aliphatic hydroxyl groups excluding tert-OH is 8. The summed E-state index contributed by atoms with van der Waals surface area (Å²) in [6, 6.07) is 0. The summed E-state index contributed by atoms with van der Waals surface area (Å²) in [7, 11) is 0. The van der Waals surface area contributed by atoms with Crippen LogP contribution < -0.4 is 21.3 Å². The van der Waals surface area contributed by atoms with Crippen molar-refractivity contribution >= 4 is 23.9 Å². The van der Waals surface area contributed by atoms with Crippen LogP contribution in [0, 0.1) is 0 Å². The van der Waals surface area contributed by atoms with Crippen LogP contribution in [0.5, 0.6) is 0 Å². The van der Waals surface area contributed by atoms with Crippen molar-refractivity contribution in [3.8, 4) is 0 Å². The van der Waals surface area contributed by atoms with Crippen molar-refractivity contribution in [1.29, 1.82) is 0 Å². The average Bonchev–Trinajstić information content (AvgIpc) is 3.01. The van der Waals surface area contributed by atoms with Gasteiger partial charge in [-0.2, -0.15) is 0 Å². The summed E-state index contributed by atoms with van der Waals surface area (Å²) in [5.74, 6) is -4.91. The molecule has 48 heavy (non-hydrogen) atoms. The topological polar surface area (TPSA) is 366 Å². The Morgan fingerprint density at radius 1 is 0.333 bits per heavy atom. The molecule has 0 rings (SSSR count). The molecule has 16 N–H and O–H groups in total. The molecular weight excluding hydrogens is 652 g/mol. The summed E-state index contributed by atoms with van der Waals surface area (Å²) in [4.78, 5) is 44.4. The van der Waals surface area contributed by atoms with Gasteiger partial charge in [0.05, 0.1) is 79.0 Å². The molecular formula is C26H60N6O16. The van der Waals surface area contributed by atoms with Crippen LogP contribution in [0.1, 0.15) is 0 Å². The number of hydrogen-bond donors (Lipinski definition) is 16. The van der Waals surface area contributed by atoms with Gasteiger partial charge in [-0.1, -0.05) is 0 Å². The maximum absolute atomic E-state index is 10.6. The van der Waals surface area contributed by atoms with E-state index >= 15 is 0 Å². The number of aliphatic carboxylic acids is 4. The molecule has 22 nitrogen and oxygen atoms in total. The van der Waals surface area contributed by atoms with Gasteiger partial charge in [0, 0.05) is 65.4 Å². The van der Waals surface area contributed by atoms with E-state index in [4.69, 9.17) is 61.3 Å². The zero-order chi connectivity index (χ0) is 37.8. The molecule has 0 bridgehead atoms. The highest BCUT2D eigenvalue weighted by molar-refractivity contribution is 5.73. The lowest BCUT2D eigenvalue weighted by atomic mass is 10.4. The fraction of sp³-hybridized carbons (Fsp3) is 0.846. The van der Waals surface area contributed by atoms with E-state index in [2.05, 4.69) is 21.3 Å². The first-order valence-corrected chi connectivity index (χ1v) is 14.9. The average molecular weight is 713 g/mol. The van der Waals surface area contributed by atoms with E-state index in [1.54, 1.807) is 0 Å². The van der Waals surface area contributed by atoms with E-state index in [1.165, 1.54) is 0 Å². The number of nitrogens with zero attached hydrogens (tertiary/aromatic N) is 2. The standard InChI is InChI=1S/C10H16N2O8.4C4H11NO2/c13-7(14)3-11(4-8(15)16)1-2-12(5-9(17)18)6-10(19)20;4*6-3-1-5-2-4-7/h1-6H2,(H,13,14)(H,15,16)(H,17,18)(H,19,20);4*5-7H,1-4H2. The van der Waals surface area contributed by atoms with Gasteiger partial charge in [0.1, 0.15) is 0 Å². The van der Waals surface area contributed by atoms with Crippen LogP contribution in [0.15, 0.2) is 0 Å². The fourth-order valence-corrected chi connectivity index (χ4v) is 2.61. The van der Waals surface area contributed by atoms with Gasteiger partial charge >= 0.3 is 23.9 Å². The van der Waals surface area contributed by atoms with Crippen LogP contribution in [-0.2, 0) is 19.2 Å². The molecule has 0 saturated heterocycles. The SMILES string of the molecule is O=C(O)CN(CCN(CC(=O)O)CC(=O)O)CC(=O)O.OCCNCCO.OCCNCCO.OCCNCCO.OCCNCCO. The van der Waals surface area contributed by atoms with Crippen LogP contribution in [0.3, 0.4) is 0 Å². The predicted octanol–water partition coefficient (Wildman–Crippen LogP) is -7.83. The molecule has 0 unspecified atom stereocenters. The first-order valence-electron chi connectivity index (χ1n) is 14.9. The predicted molar refractivity (Wildman–Crippen MR) is 172 cm³/mol. The molecule has 0 atom stereocenters. The third-order valence-corrected chi connectivity index (χ3v) is 4.48. The number of carbonyl (C=O) groups is 4. The Morgan fingerprint density at radius 2 is 0.479 bits per heavy atom. The number of carboxylic acids is 4. The number of aliphatic hydroxyl groups is 8. The smallest absolute Gasteiger partial charge is 0.317 e. The highest BCUT2D eigenvalue weighted by Gasteiger charge is 2.18. The molecule has 0 spiro atoms. The van der Waals surface area contributed by atoms with E-state index in [1.807, 2.05) is 0 Å². The minimum atomic E-state index is -1.23. The van der Waals surface area contributed by atoms with Gasteiger partial charge in [0.25, 0.3) is 0 Å². The second kappa shape index (κ2) is 48.7. The van der Waals surface area contributed by atoms with Crippen LogP contribution >= 0.6 is 0 Å². The van der Waals surface area contributed by atoms with Crippen LogP contribution in [0.2, 0.25) is 0 Å². The number of hydrogen-bond acceptors (Lipinski definition) is 18. The van der Waals surface area contributed by atoms with Crippen molar-refractivity contribution in [2.24, 2.45) is 0 Å². The molecule has 0 heterocycles. The Balaban J connectivity index is -0.000000181. The van der Waals surface area contributed by atoms with E-state index in [0.717, 1.165) is 9.80 Å². The Morgan fingerprint density at radius 3 is 0.583 bits per heavy atom. The lowest BCUT2D eigenvalue weighted by Gasteiger charge is -2.23.